The molecule has 1 unspecified atom stereocenters. The van der Waals surface area contributed by atoms with E-state index in [1.54, 1.807) is 6.07 Å². The molecule has 17 heavy (non-hydrogen) atoms. The molecule has 0 fully saturated rings. The van der Waals surface area contributed by atoms with Crippen molar-refractivity contribution in [2.45, 2.75) is 26.3 Å². The molecule has 5 heteroatoms. The van der Waals surface area contributed by atoms with Gasteiger partial charge in [-0.1, -0.05) is 11.6 Å². The molecule has 1 aliphatic heterocycles. The van der Waals surface area contributed by atoms with E-state index in [1.807, 2.05) is 18.7 Å². The summed E-state index contributed by atoms with van der Waals surface area (Å²) >= 11 is 5.79. The third-order valence-electron chi connectivity index (χ3n) is 2.98. The van der Waals surface area contributed by atoms with E-state index in [1.165, 1.54) is 6.07 Å². The lowest BCUT2D eigenvalue weighted by Crippen LogP contribution is -2.33. The van der Waals surface area contributed by atoms with Crippen LogP contribution in [0.25, 0.3) is 0 Å². The zero-order chi connectivity index (χ0) is 12.6. The summed E-state index contributed by atoms with van der Waals surface area (Å²) in [5.41, 5.74) is 1.26. The molecule has 1 amide bonds. The number of fused-ring (bicyclic) bond motifs is 1. The van der Waals surface area contributed by atoms with Gasteiger partial charge in [0.25, 0.3) is 0 Å². The number of benzene rings is 1. The van der Waals surface area contributed by atoms with Crippen molar-refractivity contribution in [3.05, 3.63) is 23.0 Å². The normalized spacial score (nSPS) is 19.6. The molecule has 1 aromatic carbocycles. The van der Waals surface area contributed by atoms with Crippen LogP contribution in [-0.4, -0.2) is 18.5 Å². The second kappa shape index (κ2) is 4.53. The van der Waals surface area contributed by atoms with E-state index in [0.29, 0.717) is 12.1 Å². The summed E-state index contributed by atoms with van der Waals surface area (Å²) in [6, 6.07) is 2.91. The molecule has 1 aliphatic rings. The highest BCUT2D eigenvalue weighted by atomic mass is 35.5. The molecule has 0 aliphatic carbocycles. The van der Waals surface area contributed by atoms with Crippen LogP contribution in [0.2, 0.25) is 5.02 Å². The van der Waals surface area contributed by atoms with E-state index in [4.69, 9.17) is 11.6 Å². The first-order chi connectivity index (χ1) is 8.02. The van der Waals surface area contributed by atoms with Gasteiger partial charge < -0.3 is 10.2 Å². The van der Waals surface area contributed by atoms with Crippen molar-refractivity contribution in [3.63, 3.8) is 0 Å². The predicted octanol–water partition coefficient (Wildman–Crippen LogP) is 3.04. The maximum absolute atomic E-state index is 13.4. The Bertz CT molecular complexity index is 464. The van der Waals surface area contributed by atoms with Crippen LogP contribution in [0.5, 0.6) is 0 Å². The van der Waals surface area contributed by atoms with Crippen molar-refractivity contribution in [2.75, 3.05) is 16.8 Å². The van der Waals surface area contributed by atoms with Crippen LogP contribution in [0.15, 0.2) is 12.1 Å². The van der Waals surface area contributed by atoms with E-state index in [9.17, 15) is 9.18 Å². The van der Waals surface area contributed by atoms with Crippen LogP contribution in [0, 0.1) is 5.82 Å². The van der Waals surface area contributed by atoms with Crippen LogP contribution < -0.4 is 10.2 Å². The summed E-state index contributed by atoms with van der Waals surface area (Å²) in [6.07, 6.45) is 0.391. The van der Waals surface area contributed by atoms with Gasteiger partial charge in [-0.05, 0) is 19.9 Å². The van der Waals surface area contributed by atoms with Crippen molar-refractivity contribution in [2.24, 2.45) is 0 Å². The molecule has 1 heterocycles. The number of halogens is 2. The van der Waals surface area contributed by atoms with Crippen LogP contribution >= 0.6 is 11.6 Å². The Hall–Kier alpha value is -1.29. The average Bonchev–Trinajstić information content (AvgIpc) is 2.35. The molecule has 0 saturated heterocycles. The Morgan fingerprint density at radius 2 is 2.29 bits per heavy atom. The standard InChI is InChI=1S/C12H14ClFN2O/c1-3-16-7(2)4-12(17)15-10-6-9(14)8(13)5-11(10)16/h5-7H,3-4H2,1-2H3,(H,15,17). The molecule has 0 aromatic heterocycles. The molecular formula is C12H14ClFN2O. The minimum Gasteiger partial charge on any atom is -0.367 e. The Labute approximate surface area is 105 Å². The molecule has 3 nitrogen and oxygen atoms in total. The second-order valence-corrected chi connectivity index (χ2v) is 4.58. The topological polar surface area (TPSA) is 32.3 Å². The highest BCUT2D eigenvalue weighted by Gasteiger charge is 2.25. The molecule has 0 bridgehead atoms. The molecule has 0 saturated carbocycles. The number of nitrogens with zero attached hydrogens (tertiary/aromatic N) is 1. The Kier molecular flexibility index (Phi) is 3.24. The first-order valence-corrected chi connectivity index (χ1v) is 5.96. The highest BCUT2D eigenvalue weighted by Crippen LogP contribution is 2.35. The fraction of sp³-hybridized carbons (Fsp3) is 0.417. The van der Waals surface area contributed by atoms with Crippen LogP contribution in [0.1, 0.15) is 20.3 Å². The third-order valence-corrected chi connectivity index (χ3v) is 3.27. The van der Waals surface area contributed by atoms with Gasteiger partial charge in [-0.15, -0.1) is 0 Å². The molecule has 92 valence electrons. The number of carbonyl (C=O) groups is 1. The van der Waals surface area contributed by atoms with Crippen LogP contribution in [0.3, 0.4) is 0 Å². The quantitative estimate of drug-likeness (QED) is 0.838. The largest absolute Gasteiger partial charge is 0.367 e. The number of rotatable bonds is 1. The van der Waals surface area contributed by atoms with Gasteiger partial charge in [0.15, 0.2) is 0 Å². The van der Waals surface area contributed by atoms with Gasteiger partial charge in [-0.25, -0.2) is 4.39 Å². The maximum atomic E-state index is 13.4. The SMILES string of the molecule is CCN1c2cc(Cl)c(F)cc2NC(=O)CC1C. The Morgan fingerprint density at radius 3 is 2.94 bits per heavy atom. The van der Waals surface area contributed by atoms with E-state index in [0.717, 1.165) is 12.2 Å². The first-order valence-electron chi connectivity index (χ1n) is 5.58. The number of carbonyl (C=O) groups excluding carboxylic acids is 1. The third kappa shape index (κ3) is 2.22. The highest BCUT2D eigenvalue weighted by molar-refractivity contribution is 6.31. The summed E-state index contributed by atoms with van der Waals surface area (Å²) in [5.74, 6) is -0.618. The smallest absolute Gasteiger partial charge is 0.226 e. The minimum absolute atomic E-state index is 0.0720. The number of nitrogens with one attached hydrogen (secondary N) is 1. The van der Waals surface area contributed by atoms with Gasteiger partial charge >= 0.3 is 0 Å². The molecule has 1 atom stereocenters. The van der Waals surface area contributed by atoms with E-state index >= 15 is 0 Å². The van der Waals surface area contributed by atoms with E-state index < -0.39 is 5.82 Å². The number of hydrogen-bond acceptors (Lipinski definition) is 2. The molecule has 0 radical (unpaired) electrons. The van der Waals surface area contributed by atoms with E-state index in [2.05, 4.69) is 5.32 Å². The zero-order valence-electron chi connectivity index (χ0n) is 9.76. The summed E-state index contributed by atoms with van der Waals surface area (Å²) in [4.78, 5) is 13.7. The summed E-state index contributed by atoms with van der Waals surface area (Å²) in [6.45, 7) is 4.70. The molecular weight excluding hydrogens is 243 g/mol. The lowest BCUT2D eigenvalue weighted by Gasteiger charge is -2.28. The Morgan fingerprint density at radius 1 is 1.59 bits per heavy atom. The van der Waals surface area contributed by atoms with Gasteiger partial charge in [-0.3, -0.25) is 4.79 Å². The van der Waals surface area contributed by atoms with Gasteiger partial charge in [0, 0.05) is 25.1 Å². The monoisotopic (exact) mass is 256 g/mol. The summed E-state index contributed by atoms with van der Waals surface area (Å²) in [7, 11) is 0. The Balaban J connectivity index is 2.55. The average molecular weight is 257 g/mol. The van der Waals surface area contributed by atoms with E-state index in [-0.39, 0.29) is 17.0 Å². The van der Waals surface area contributed by atoms with Crippen molar-refractivity contribution in [1.82, 2.24) is 0 Å². The molecule has 1 N–H and O–H groups in total. The van der Waals surface area contributed by atoms with Crippen LogP contribution in [-0.2, 0) is 4.79 Å². The van der Waals surface area contributed by atoms with Crippen molar-refractivity contribution >= 4 is 28.9 Å². The fourth-order valence-corrected chi connectivity index (χ4v) is 2.33. The maximum Gasteiger partial charge on any atom is 0.226 e. The van der Waals surface area contributed by atoms with Crippen molar-refractivity contribution in [3.8, 4) is 0 Å². The fourth-order valence-electron chi connectivity index (χ4n) is 2.17. The van der Waals surface area contributed by atoms with Gasteiger partial charge in [-0.2, -0.15) is 0 Å². The summed E-state index contributed by atoms with van der Waals surface area (Å²) < 4.78 is 13.4. The van der Waals surface area contributed by atoms with Gasteiger partial charge in [0.1, 0.15) is 5.82 Å². The first kappa shape index (κ1) is 12.2. The van der Waals surface area contributed by atoms with Crippen molar-refractivity contribution in [1.29, 1.82) is 0 Å². The summed E-state index contributed by atoms with van der Waals surface area (Å²) in [5, 5.41) is 2.78. The second-order valence-electron chi connectivity index (χ2n) is 4.17. The lowest BCUT2D eigenvalue weighted by atomic mass is 10.2. The number of amides is 1. The number of hydrogen-bond donors (Lipinski definition) is 1. The van der Waals surface area contributed by atoms with Gasteiger partial charge in [0.05, 0.1) is 16.4 Å². The minimum atomic E-state index is -0.517. The zero-order valence-corrected chi connectivity index (χ0v) is 10.5. The molecule has 2 rings (SSSR count). The van der Waals surface area contributed by atoms with Crippen LogP contribution in [0.4, 0.5) is 15.8 Å². The molecule has 1 aromatic rings. The van der Waals surface area contributed by atoms with Gasteiger partial charge in [0.2, 0.25) is 5.91 Å². The lowest BCUT2D eigenvalue weighted by molar-refractivity contribution is -0.116. The van der Waals surface area contributed by atoms with Crippen molar-refractivity contribution < 1.29 is 9.18 Å². The number of anilines is 2. The predicted molar refractivity (Wildman–Crippen MR) is 67.1 cm³/mol. The molecule has 0 spiro atoms.